The summed E-state index contributed by atoms with van der Waals surface area (Å²) >= 11 is 0. The molecule has 0 atom stereocenters. The van der Waals surface area contributed by atoms with E-state index < -0.39 is 29.5 Å². The van der Waals surface area contributed by atoms with E-state index in [4.69, 9.17) is 0 Å². The molecule has 1 saturated carbocycles. The molecule has 1 aliphatic rings. The molecule has 1 aromatic rings. The van der Waals surface area contributed by atoms with Gasteiger partial charge in [-0.25, -0.2) is 4.79 Å². The third-order valence-corrected chi connectivity index (χ3v) is 3.99. The van der Waals surface area contributed by atoms with Gasteiger partial charge in [0.1, 0.15) is 11.3 Å². The summed E-state index contributed by atoms with van der Waals surface area (Å²) in [7, 11) is 0. The average molecular weight is 345 g/mol. The first-order chi connectivity index (χ1) is 11.2. The highest BCUT2D eigenvalue weighted by atomic mass is 19.4. The highest BCUT2D eigenvalue weighted by Gasteiger charge is 2.40. The predicted octanol–water partition coefficient (Wildman–Crippen LogP) is 3.03. The zero-order chi connectivity index (χ0) is 17.8. The molecule has 1 amide bonds. The largest absolute Gasteiger partial charge is 0.573 e. The first-order valence-electron chi connectivity index (χ1n) is 7.59. The monoisotopic (exact) mass is 345 g/mol. The number of carboxylic acids is 1. The van der Waals surface area contributed by atoms with Crippen LogP contribution in [0.5, 0.6) is 5.75 Å². The number of hydrogen-bond acceptors (Lipinski definition) is 3. The zero-order valence-electron chi connectivity index (χ0n) is 12.9. The quantitative estimate of drug-likeness (QED) is 0.860. The molecule has 0 bridgehead atoms. The van der Waals surface area contributed by atoms with Gasteiger partial charge in [0.05, 0.1) is 6.42 Å². The lowest BCUT2D eigenvalue weighted by atomic mass is 9.81. The Balaban J connectivity index is 2.04. The van der Waals surface area contributed by atoms with Crippen molar-refractivity contribution in [3.63, 3.8) is 0 Å². The van der Waals surface area contributed by atoms with Crippen LogP contribution in [0.1, 0.15) is 37.7 Å². The topological polar surface area (TPSA) is 75.6 Å². The number of benzene rings is 1. The molecule has 24 heavy (non-hydrogen) atoms. The molecule has 132 valence electrons. The van der Waals surface area contributed by atoms with E-state index in [2.05, 4.69) is 10.1 Å². The van der Waals surface area contributed by atoms with E-state index in [1.165, 1.54) is 12.1 Å². The fourth-order valence-electron chi connectivity index (χ4n) is 2.90. The van der Waals surface area contributed by atoms with Gasteiger partial charge >= 0.3 is 12.3 Å². The number of ether oxygens (including phenoxy) is 1. The van der Waals surface area contributed by atoms with Crippen LogP contribution in [0.4, 0.5) is 13.2 Å². The standard InChI is InChI=1S/C16H18F3NO4/c17-16(18,19)24-12-6-4-5-11(9-12)10-13(21)20-15(14(22)23)7-2-1-3-8-15/h4-6,9H,1-3,7-8,10H2,(H,20,21)(H,22,23). The van der Waals surface area contributed by atoms with Gasteiger partial charge in [0.2, 0.25) is 5.91 Å². The van der Waals surface area contributed by atoms with Gasteiger partial charge in [-0.05, 0) is 30.5 Å². The van der Waals surface area contributed by atoms with Crippen LogP contribution in [0.3, 0.4) is 0 Å². The van der Waals surface area contributed by atoms with E-state index in [1.54, 1.807) is 0 Å². The molecule has 1 aromatic carbocycles. The number of halogens is 3. The number of carbonyl (C=O) groups is 2. The van der Waals surface area contributed by atoms with Crippen molar-refractivity contribution in [3.05, 3.63) is 29.8 Å². The van der Waals surface area contributed by atoms with E-state index >= 15 is 0 Å². The number of nitrogens with one attached hydrogen (secondary N) is 1. The first-order valence-corrected chi connectivity index (χ1v) is 7.59. The van der Waals surface area contributed by atoms with Crippen molar-refractivity contribution in [3.8, 4) is 5.75 Å². The van der Waals surface area contributed by atoms with Crippen molar-refractivity contribution in [1.29, 1.82) is 0 Å². The van der Waals surface area contributed by atoms with Crippen LogP contribution >= 0.6 is 0 Å². The lowest BCUT2D eigenvalue weighted by molar-refractivity contribution is -0.274. The van der Waals surface area contributed by atoms with Gasteiger partial charge < -0.3 is 15.2 Å². The minimum Gasteiger partial charge on any atom is -0.480 e. The second-order valence-electron chi connectivity index (χ2n) is 5.87. The number of alkyl halides is 3. The van der Waals surface area contributed by atoms with Crippen molar-refractivity contribution >= 4 is 11.9 Å². The van der Waals surface area contributed by atoms with Gasteiger partial charge in [0, 0.05) is 0 Å². The number of rotatable bonds is 5. The Labute approximate surface area is 136 Å². The van der Waals surface area contributed by atoms with E-state index in [0.717, 1.165) is 18.6 Å². The smallest absolute Gasteiger partial charge is 0.480 e. The summed E-state index contributed by atoms with van der Waals surface area (Å²) in [5.41, 5.74) is -0.972. The molecule has 8 heteroatoms. The molecule has 1 aliphatic carbocycles. The van der Waals surface area contributed by atoms with Crippen LogP contribution < -0.4 is 10.1 Å². The fraction of sp³-hybridized carbons (Fsp3) is 0.500. The Kier molecular flexibility index (Phi) is 5.36. The van der Waals surface area contributed by atoms with Crippen LogP contribution in [0, 0.1) is 0 Å². The maximum atomic E-state index is 12.2. The normalized spacial score (nSPS) is 17.1. The summed E-state index contributed by atoms with van der Waals surface area (Å²) in [5, 5.41) is 12.0. The van der Waals surface area contributed by atoms with Crippen LogP contribution in [0.15, 0.2) is 24.3 Å². The van der Waals surface area contributed by atoms with Crippen molar-refractivity contribution in [2.45, 2.75) is 50.4 Å². The lowest BCUT2D eigenvalue weighted by Crippen LogP contribution is -2.55. The summed E-state index contributed by atoms with van der Waals surface area (Å²) in [5.74, 6) is -2.04. The number of carbonyl (C=O) groups excluding carboxylic acids is 1. The fourth-order valence-corrected chi connectivity index (χ4v) is 2.90. The second kappa shape index (κ2) is 7.11. The van der Waals surface area contributed by atoms with Crippen LogP contribution in [-0.2, 0) is 16.0 Å². The van der Waals surface area contributed by atoms with Gasteiger partial charge in [-0.1, -0.05) is 31.4 Å². The van der Waals surface area contributed by atoms with Crippen molar-refractivity contribution in [2.24, 2.45) is 0 Å². The van der Waals surface area contributed by atoms with Crippen LogP contribution in [-0.4, -0.2) is 28.9 Å². The van der Waals surface area contributed by atoms with Gasteiger partial charge in [-0.15, -0.1) is 13.2 Å². The number of aliphatic carboxylic acids is 1. The van der Waals surface area contributed by atoms with Crippen molar-refractivity contribution < 1.29 is 32.6 Å². The van der Waals surface area contributed by atoms with Crippen molar-refractivity contribution in [1.82, 2.24) is 5.32 Å². The second-order valence-corrected chi connectivity index (χ2v) is 5.87. The maximum absolute atomic E-state index is 12.2. The van der Waals surface area contributed by atoms with Crippen LogP contribution in [0.25, 0.3) is 0 Å². The number of hydrogen-bond donors (Lipinski definition) is 2. The Bertz CT molecular complexity index is 610. The average Bonchev–Trinajstić information content (AvgIpc) is 2.46. The molecule has 0 spiro atoms. The molecular formula is C16H18F3NO4. The summed E-state index contributed by atoms with van der Waals surface area (Å²) in [6.07, 6.45) is -1.98. The van der Waals surface area contributed by atoms with E-state index in [9.17, 15) is 27.9 Å². The summed E-state index contributed by atoms with van der Waals surface area (Å²) in [6.45, 7) is 0. The Morgan fingerprint density at radius 2 is 1.88 bits per heavy atom. The molecular weight excluding hydrogens is 327 g/mol. The SMILES string of the molecule is O=C(Cc1cccc(OC(F)(F)F)c1)NC1(C(=O)O)CCCCC1. The Morgan fingerprint density at radius 3 is 2.46 bits per heavy atom. The third kappa shape index (κ3) is 4.87. The Morgan fingerprint density at radius 1 is 1.21 bits per heavy atom. The minimum absolute atomic E-state index is 0.218. The Hall–Kier alpha value is -2.25. The molecule has 0 radical (unpaired) electrons. The van der Waals surface area contributed by atoms with Gasteiger partial charge in [0.15, 0.2) is 0 Å². The van der Waals surface area contributed by atoms with E-state index in [0.29, 0.717) is 31.2 Å². The lowest BCUT2D eigenvalue weighted by Gasteiger charge is -2.34. The molecule has 0 heterocycles. The van der Waals surface area contributed by atoms with Crippen molar-refractivity contribution in [2.75, 3.05) is 0 Å². The molecule has 1 fully saturated rings. The highest BCUT2D eigenvalue weighted by Crippen LogP contribution is 2.29. The summed E-state index contributed by atoms with van der Waals surface area (Å²) in [6, 6.07) is 5.07. The van der Waals surface area contributed by atoms with Gasteiger partial charge in [-0.2, -0.15) is 0 Å². The summed E-state index contributed by atoms with van der Waals surface area (Å²) < 4.78 is 40.5. The first kappa shape index (κ1) is 18.1. The molecule has 0 saturated heterocycles. The van der Waals surface area contributed by atoms with Gasteiger partial charge in [-0.3, -0.25) is 4.79 Å². The molecule has 5 nitrogen and oxygen atoms in total. The summed E-state index contributed by atoms with van der Waals surface area (Å²) in [4.78, 5) is 23.7. The zero-order valence-corrected chi connectivity index (χ0v) is 12.9. The minimum atomic E-state index is -4.81. The number of carboxylic acid groups (broad SMARTS) is 1. The predicted molar refractivity (Wildman–Crippen MR) is 78.4 cm³/mol. The van der Waals surface area contributed by atoms with Gasteiger partial charge in [0.25, 0.3) is 0 Å². The molecule has 0 aliphatic heterocycles. The molecule has 2 N–H and O–H groups in total. The maximum Gasteiger partial charge on any atom is 0.573 e. The molecule has 2 rings (SSSR count). The van der Waals surface area contributed by atoms with E-state index in [1.807, 2.05) is 0 Å². The number of amides is 1. The third-order valence-electron chi connectivity index (χ3n) is 3.99. The van der Waals surface area contributed by atoms with Crippen LogP contribution in [0.2, 0.25) is 0 Å². The molecule has 0 aromatic heterocycles. The molecule has 0 unspecified atom stereocenters. The highest BCUT2D eigenvalue weighted by molar-refractivity contribution is 5.88. The van der Waals surface area contributed by atoms with E-state index in [-0.39, 0.29) is 6.42 Å².